The smallest absolute Gasteiger partial charge is 0.0950 e. The van der Waals surface area contributed by atoms with E-state index in [0.29, 0.717) is 5.92 Å². The third kappa shape index (κ3) is 3.07. The van der Waals surface area contributed by atoms with Crippen molar-refractivity contribution in [1.29, 1.82) is 5.26 Å². The van der Waals surface area contributed by atoms with Gasteiger partial charge in [0.2, 0.25) is 0 Å². The van der Waals surface area contributed by atoms with E-state index in [1.807, 2.05) is 18.2 Å². The molecule has 0 amide bonds. The Hall–Kier alpha value is -1.81. The fraction of sp³-hybridized carbons (Fsp3) is 0.312. The monoisotopic (exact) mass is 223 g/mol. The van der Waals surface area contributed by atoms with Gasteiger partial charge in [0, 0.05) is 5.57 Å². The molecule has 0 bridgehead atoms. The maximum Gasteiger partial charge on any atom is 0.0950 e. The molecule has 1 aromatic carbocycles. The normalized spacial score (nSPS) is 20.6. The predicted molar refractivity (Wildman–Crippen MR) is 71.1 cm³/mol. The molecule has 1 aromatic rings. The topological polar surface area (TPSA) is 23.8 Å². The van der Waals surface area contributed by atoms with E-state index in [-0.39, 0.29) is 0 Å². The minimum Gasteiger partial charge on any atom is -0.193 e. The molecule has 0 saturated carbocycles. The van der Waals surface area contributed by atoms with Gasteiger partial charge in [-0.1, -0.05) is 49.4 Å². The maximum absolute atomic E-state index is 9.13. The second-order valence-corrected chi connectivity index (χ2v) is 4.71. The standard InChI is InChI=1S/C16H17N/c1-13-7-9-15(16(11-13)12-17)10-8-14-5-3-2-4-6-14/h2-6,8,10,13H,7,9,11H2,1H3. The molecule has 0 radical (unpaired) electrons. The van der Waals surface area contributed by atoms with E-state index in [0.717, 1.165) is 18.4 Å². The minimum atomic E-state index is 0.651. The average Bonchev–Trinajstić information content (AvgIpc) is 2.38. The van der Waals surface area contributed by atoms with Crippen molar-refractivity contribution in [2.75, 3.05) is 0 Å². The quantitative estimate of drug-likeness (QED) is 0.731. The Balaban J connectivity index is 2.18. The predicted octanol–water partition coefficient (Wildman–Crippen LogP) is 4.34. The molecule has 0 saturated heterocycles. The summed E-state index contributed by atoms with van der Waals surface area (Å²) in [4.78, 5) is 0. The Morgan fingerprint density at radius 2 is 2.00 bits per heavy atom. The van der Waals surface area contributed by atoms with E-state index in [9.17, 15) is 0 Å². The number of hydrogen-bond acceptors (Lipinski definition) is 1. The Morgan fingerprint density at radius 3 is 2.71 bits per heavy atom. The van der Waals surface area contributed by atoms with Gasteiger partial charge in [-0.2, -0.15) is 5.26 Å². The van der Waals surface area contributed by atoms with Crippen LogP contribution in [-0.4, -0.2) is 0 Å². The lowest BCUT2D eigenvalue weighted by Crippen LogP contribution is -2.05. The first-order chi connectivity index (χ1) is 8.29. The van der Waals surface area contributed by atoms with Crippen LogP contribution in [0.5, 0.6) is 0 Å². The third-order valence-corrected chi connectivity index (χ3v) is 3.26. The molecule has 1 unspecified atom stereocenters. The molecular formula is C16H17N. The van der Waals surface area contributed by atoms with E-state index in [1.54, 1.807) is 0 Å². The lowest BCUT2D eigenvalue weighted by Gasteiger charge is -2.19. The maximum atomic E-state index is 9.13. The summed E-state index contributed by atoms with van der Waals surface area (Å²) in [7, 11) is 0. The van der Waals surface area contributed by atoms with E-state index < -0.39 is 0 Å². The molecule has 1 atom stereocenters. The van der Waals surface area contributed by atoms with Crippen molar-refractivity contribution in [3.8, 4) is 6.07 Å². The van der Waals surface area contributed by atoms with Crippen LogP contribution in [0.2, 0.25) is 0 Å². The van der Waals surface area contributed by atoms with Crippen LogP contribution in [0.25, 0.3) is 6.08 Å². The highest BCUT2D eigenvalue weighted by atomic mass is 14.3. The van der Waals surface area contributed by atoms with Gasteiger partial charge in [0.25, 0.3) is 0 Å². The van der Waals surface area contributed by atoms with Crippen molar-refractivity contribution in [3.05, 3.63) is 53.1 Å². The highest BCUT2D eigenvalue weighted by Gasteiger charge is 2.15. The summed E-state index contributed by atoms with van der Waals surface area (Å²) in [6.45, 7) is 2.22. The van der Waals surface area contributed by atoms with Gasteiger partial charge >= 0.3 is 0 Å². The third-order valence-electron chi connectivity index (χ3n) is 3.26. The van der Waals surface area contributed by atoms with Gasteiger partial charge in [-0.15, -0.1) is 0 Å². The van der Waals surface area contributed by atoms with E-state index >= 15 is 0 Å². The molecule has 1 aliphatic rings. The van der Waals surface area contributed by atoms with Crippen molar-refractivity contribution < 1.29 is 0 Å². The molecule has 0 aliphatic heterocycles. The number of hydrogen-bond donors (Lipinski definition) is 0. The summed E-state index contributed by atoms with van der Waals surface area (Å²) in [6, 6.07) is 12.6. The van der Waals surface area contributed by atoms with Gasteiger partial charge in [-0.05, 0) is 36.3 Å². The van der Waals surface area contributed by atoms with Gasteiger partial charge in [0.15, 0.2) is 0 Å². The second-order valence-electron chi connectivity index (χ2n) is 4.71. The van der Waals surface area contributed by atoms with Gasteiger partial charge in [-0.25, -0.2) is 0 Å². The van der Waals surface area contributed by atoms with E-state index in [4.69, 9.17) is 5.26 Å². The summed E-state index contributed by atoms with van der Waals surface area (Å²) in [5, 5.41) is 9.13. The van der Waals surface area contributed by atoms with Crippen molar-refractivity contribution >= 4 is 6.08 Å². The van der Waals surface area contributed by atoms with Crippen LogP contribution in [0.15, 0.2) is 47.6 Å². The molecule has 0 spiro atoms. The van der Waals surface area contributed by atoms with Crippen LogP contribution in [0, 0.1) is 17.2 Å². The molecular weight excluding hydrogens is 206 g/mol. The Labute approximate surface area is 103 Å². The zero-order chi connectivity index (χ0) is 12.1. The van der Waals surface area contributed by atoms with Crippen molar-refractivity contribution in [2.24, 2.45) is 5.92 Å². The van der Waals surface area contributed by atoms with Crippen molar-refractivity contribution in [3.63, 3.8) is 0 Å². The highest BCUT2D eigenvalue weighted by molar-refractivity contribution is 5.54. The fourth-order valence-corrected chi connectivity index (χ4v) is 2.20. The number of rotatable bonds is 2. The molecule has 86 valence electrons. The largest absolute Gasteiger partial charge is 0.193 e. The minimum absolute atomic E-state index is 0.651. The highest BCUT2D eigenvalue weighted by Crippen LogP contribution is 2.29. The number of nitriles is 1. The van der Waals surface area contributed by atoms with Gasteiger partial charge in [-0.3, -0.25) is 0 Å². The zero-order valence-corrected chi connectivity index (χ0v) is 10.2. The van der Waals surface area contributed by atoms with E-state index in [1.165, 1.54) is 17.6 Å². The van der Waals surface area contributed by atoms with Gasteiger partial charge in [0.1, 0.15) is 0 Å². The zero-order valence-electron chi connectivity index (χ0n) is 10.2. The van der Waals surface area contributed by atoms with Crippen LogP contribution < -0.4 is 0 Å². The summed E-state index contributed by atoms with van der Waals surface area (Å²) >= 11 is 0. The summed E-state index contributed by atoms with van der Waals surface area (Å²) in [5.41, 5.74) is 3.38. The Kier molecular flexibility index (Phi) is 3.77. The first kappa shape index (κ1) is 11.7. The number of nitrogens with zero attached hydrogens (tertiary/aromatic N) is 1. The van der Waals surface area contributed by atoms with Gasteiger partial charge in [0.05, 0.1) is 6.07 Å². The van der Waals surface area contributed by atoms with Gasteiger partial charge < -0.3 is 0 Å². The lowest BCUT2D eigenvalue weighted by atomic mass is 9.85. The molecule has 0 aromatic heterocycles. The first-order valence-corrected chi connectivity index (χ1v) is 6.15. The molecule has 0 fully saturated rings. The fourth-order valence-electron chi connectivity index (χ4n) is 2.20. The Morgan fingerprint density at radius 1 is 1.24 bits per heavy atom. The lowest BCUT2D eigenvalue weighted by molar-refractivity contribution is 0.508. The molecule has 0 heterocycles. The van der Waals surface area contributed by atoms with Crippen LogP contribution in [0.3, 0.4) is 0 Å². The van der Waals surface area contributed by atoms with Crippen LogP contribution in [0.4, 0.5) is 0 Å². The molecule has 2 rings (SSSR count). The Bertz CT molecular complexity index is 474. The summed E-state index contributed by atoms with van der Waals surface area (Å²) in [6.07, 6.45) is 7.38. The average molecular weight is 223 g/mol. The summed E-state index contributed by atoms with van der Waals surface area (Å²) in [5.74, 6) is 0.651. The summed E-state index contributed by atoms with van der Waals surface area (Å²) < 4.78 is 0. The molecule has 1 heteroatoms. The SMILES string of the molecule is CC1CCC(C=Cc2ccccc2)=C(C#N)C1. The van der Waals surface area contributed by atoms with Crippen LogP contribution >= 0.6 is 0 Å². The first-order valence-electron chi connectivity index (χ1n) is 6.15. The number of allylic oxidation sites excluding steroid dienone is 3. The molecule has 1 aliphatic carbocycles. The van der Waals surface area contributed by atoms with Crippen molar-refractivity contribution in [1.82, 2.24) is 0 Å². The van der Waals surface area contributed by atoms with Crippen LogP contribution in [-0.2, 0) is 0 Å². The number of benzene rings is 1. The molecule has 1 nitrogen and oxygen atoms in total. The van der Waals surface area contributed by atoms with E-state index in [2.05, 4.69) is 37.3 Å². The molecule has 17 heavy (non-hydrogen) atoms. The van der Waals surface area contributed by atoms with Crippen LogP contribution in [0.1, 0.15) is 31.7 Å². The van der Waals surface area contributed by atoms with Crippen molar-refractivity contribution in [2.45, 2.75) is 26.2 Å². The second kappa shape index (κ2) is 5.50. The molecule has 0 N–H and O–H groups in total.